The first kappa shape index (κ1) is 11.5. The molecule has 0 radical (unpaired) electrons. The molecule has 2 aliphatic rings. The fourth-order valence-corrected chi connectivity index (χ4v) is 4.22. The lowest BCUT2D eigenvalue weighted by Crippen LogP contribution is -2.42. The smallest absolute Gasteiger partial charge is 0.0323 e. The number of fused-ring (bicyclic) bond motifs is 2. The van der Waals surface area contributed by atoms with E-state index in [4.69, 9.17) is 0 Å². The first-order valence-electron chi connectivity index (χ1n) is 6.90. The maximum atomic E-state index is 2.50. The standard InChI is InChI=1S/C15H28/c1-10(2)13-6-12-7-14(8-13)11(3)15(4,5)9-12/h10-14H,6-9H2,1-5H3/t11-,12-,13-,14-/m1/s1. The normalized spacial score (nSPS) is 44.4. The molecule has 0 nitrogen and oxygen atoms in total. The molecule has 0 unspecified atom stereocenters. The molecular formula is C15H28. The Morgan fingerprint density at radius 2 is 1.73 bits per heavy atom. The third kappa shape index (κ3) is 2.10. The van der Waals surface area contributed by atoms with Gasteiger partial charge in [0.15, 0.2) is 0 Å². The molecule has 15 heavy (non-hydrogen) atoms. The van der Waals surface area contributed by atoms with Gasteiger partial charge in [-0.05, 0) is 60.7 Å². The number of hydrogen-bond donors (Lipinski definition) is 0. The van der Waals surface area contributed by atoms with Gasteiger partial charge in [-0.1, -0.05) is 34.6 Å². The molecule has 0 aromatic carbocycles. The third-order valence-corrected chi connectivity index (χ3v) is 5.58. The fraction of sp³-hybridized carbons (Fsp3) is 1.00. The summed E-state index contributed by atoms with van der Waals surface area (Å²) in [6, 6.07) is 0. The Balaban J connectivity index is 2.10. The van der Waals surface area contributed by atoms with E-state index >= 15 is 0 Å². The lowest BCUT2D eigenvalue weighted by molar-refractivity contribution is -0.0138. The second-order valence-corrected chi connectivity index (χ2v) is 7.32. The minimum absolute atomic E-state index is 0.607. The van der Waals surface area contributed by atoms with Gasteiger partial charge in [-0.15, -0.1) is 0 Å². The quantitative estimate of drug-likeness (QED) is 0.584. The second kappa shape index (κ2) is 3.79. The van der Waals surface area contributed by atoms with Crippen LogP contribution in [0.3, 0.4) is 0 Å². The van der Waals surface area contributed by atoms with Crippen LogP contribution in [0.4, 0.5) is 0 Å². The van der Waals surface area contributed by atoms with Crippen LogP contribution < -0.4 is 0 Å². The summed E-state index contributed by atoms with van der Waals surface area (Å²) < 4.78 is 0. The molecule has 2 aliphatic carbocycles. The lowest BCUT2D eigenvalue weighted by Gasteiger charge is -2.51. The van der Waals surface area contributed by atoms with Crippen LogP contribution in [0.2, 0.25) is 0 Å². The van der Waals surface area contributed by atoms with Crippen LogP contribution in [-0.4, -0.2) is 0 Å². The minimum atomic E-state index is 0.607. The van der Waals surface area contributed by atoms with Crippen molar-refractivity contribution in [2.75, 3.05) is 0 Å². The molecular weight excluding hydrogens is 180 g/mol. The molecule has 4 atom stereocenters. The second-order valence-electron chi connectivity index (χ2n) is 7.32. The summed E-state index contributed by atoms with van der Waals surface area (Å²) in [6.07, 6.45) is 6.05. The summed E-state index contributed by atoms with van der Waals surface area (Å²) in [6.45, 7) is 12.3. The average Bonchev–Trinajstić information content (AvgIpc) is 2.13. The van der Waals surface area contributed by atoms with E-state index in [0.717, 1.165) is 29.6 Å². The molecule has 0 heteroatoms. The summed E-state index contributed by atoms with van der Waals surface area (Å²) in [5.74, 6) is 4.94. The topological polar surface area (TPSA) is 0 Å². The van der Waals surface area contributed by atoms with Crippen LogP contribution in [0.15, 0.2) is 0 Å². The van der Waals surface area contributed by atoms with E-state index in [1.807, 2.05) is 0 Å². The van der Waals surface area contributed by atoms with E-state index < -0.39 is 0 Å². The van der Waals surface area contributed by atoms with Crippen LogP contribution in [0, 0.1) is 35.0 Å². The van der Waals surface area contributed by atoms with Gasteiger partial charge in [0, 0.05) is 0 Å². The Morgan fingerprint density at radius 1 is 1.07 bits per heavy atom. The molecule has 2 saturated carbocycles. The predicted molar refractivity (Wildman–Crippen MR) is 66.7 cm³/mol. The van der Waals surface area contributed by atoms with Gasteiger partial charge < -0.3 is 0 Å². The van der Waals surface area contributed by atoms with Crippen LogP contribution in [-0.2, 0) is 0 Å². The summed E-state index contributed by atoms with van der Waals surface area (Å²) in [7, 11) is 0. The Labute approximate surface area is 95.8 Å². The van der Waals surface area contributed by atoms with Gasteiger partial charge in [-0.2, -0.15) is 0 Å². The van der Waals surface area contributed by atoms with Crippen molar-refractivity contribution in [2.24, 2.45) is 35.0 Å². The van der Waals surface area contributed by atoms with Crippen molar-refractivity contribution in [2.45, 2.75) is 60.3 Å². The molecule has 88 valence electrons. The zero-order valence-electron chi connectivity index (χ0n) is 11.2. The molecule has 2 fully saturated rings. The third-order valence-electron chi connectivity index (χ3n) is 5.58. The van der Waals surface area contributed by atoms with Crippen molar-refractivity contribution in [3.63, 3.8) is 0 Å². The van der Waals surface area contributed by atoms with Gasteiger partial charge in [0.25, 0.3) is 0 Å². The lowest BCUT2D eigenvalue weighted by atomic mass is 9.54. The van der Waals surface area contributed by atoms with Crippen molar-refractivity contribution < 1.29 is 0 Å². The molecule has 2 rings (SSSR count). The molecule has 0 N–H and O–H groups in total. The van der Waals surface area contributed by atoms with Gasteiger partial charge in [-0.3, -0.25) is 0 Å². The molecule has 0 amide bonds. The van der Waals surface area contributed by atoms with E-state index in [-0.39, 0.29) is 0 Å². The van der Waals surface area contributed by atoms with Crippen LogP contribution in [0.25, 0.3) is 0 Å². The predicted octanol–water partition coefficient (Wildman–Crippen LogP) is 4.74. The van der Waals surface area contributed by atoms with E-state index in [0.29, 0.717) is 5.41 Å². The highest BCUT2D eigenvalue weighted by Crippen LogP contribution is 2.54. The van der Waals surface area contributed by atoms with Gasteiger partial charge in [-0.25, -0.2) is 0 Å². The average molecular weight is 208 g/mol. The number of rotatable bonds is 1. The molecule has 0 saturated heterocycles. The van der Waals surface area contributed by atoms with Crippen molar-refractivity contribution in [3.8, 4) is 0 Å². The highest BCUT2D eigenvalue weighted by atomic mass is 14.5. The monoisotopic (exact) mass is 208 g/mol. The maximum Gasteiger partial charge on any atom is -0.0323 e. The summed E-state index contributed by atoms with van der Waals surface area (Å²) >= 11 is 0. The fourth-order valence-electron chi connectivity index (χ4n) is 4.22. The van der Waals surface area contributed by atoms with Crippen molar-refractivity contribution >= 4 is 0 Å². The van der Waals surface area contributed by atoms with Crippen molar-refractivity contribution in [1.29, 1.82) is 0 Å². The Kier molecular flexibility index (Phi) is 2.90. The van der Waals surface area contributed by atoms with Crippen LogP contribution in [0.1, 0.15) is 60.3 Å². The summed E-state index contributed by atoms with van der Waals surface area (Å²) in [5, 5.41) is 0. The SMILES string of the molecule is CC(C)[C@@H]1C[C@@H]2C[C@H](C1)[C@@H](C)C(C)(C)C2. The van der Waals surface area contributed by atoms with Gasteiger partial charge in [0.2, 0.25) is 0 Å². The molecule has 0 heterocycles. The zero-order valence-corrected chi connectivity index (χ0v) is 11.2. The summed E-state index contributed by atoms with van der Waals surface area (Å²) in [4.78, 5) is 0. The highest BCUT2D eigenvalue weighted by Gasteiger charge is 2.44. The zero-order chi connectivity index (χ0) is 11.2. The van der Waals surface area contributed by atoms with Crippen molar-refractivity contribution in [1.82, 2.24) is 0 Å². The van der Waals surface area contributed by atoms with Crippen LogP contribution >= 0.6 is 0 Å². The van der Waals surface area contributed by atoms with Crippen LogP contribution in [0.5, 0.6) is 0 Å². The Morgan fingerprint density at radius 3 is 2.33 bits per heavy atom. The van der Waals surface area contributed by atoms with E-state index in [2.05, 4.69) is 34.6 Å². The molecule has 0 spiro atoms. The highest BCUT2D eigenvalue weighted by molar-refractivity contribution is 4.94. The molecule has 0 aliphatic heterocycles. The summed E-state index contributed by atoms with van der Waals surface area (Å²) in [5.41, 5.74) is 0.607. The minimum Gasteiger partial charge on any atom is -0.0625 e. The molecule has 2 bridgehead atoms. The molecule has 0 aromatic rings. The first-order valence-corrected chi connectivity index (χ1v) is 6.90. The molecule has 0 aromatic heterocycles. The van der Waals surface area contributed by atoms with E-state index in [9.17, 15) is 0 Å². The Bertz CT molecular complexity index is 226. The number of hydrogen-bond acceptors (Lipinski definition) is 0. The van der Waals surface area contributed by atoms with Gasteiger partial charge in [0.05, 0.1) is 0 Å². The Hall–Kier alpha value is 0. The van der Waals surface area contributed by atoms with Gasteiger partial charge >= 0.3 is 0 Å². The van der Waals surface area contributed by atoms with E-state index in [1.54, 1.807) is 0 Å². The van der Waals surface area contributed by atoms with Crippen molar-refractivity contribution in [3.05, 3.63) is 0 Å². The van der Waals surface area contributed by atoms with E-state index in [1.165, 1.54) is 25.7 Å². The van der Waals surface area contributed by atoms with Gasteiger partial charge in [0.1, 0.15) is 0 Å². The maximum absolute atomic E-state index is 2.50. The largest absolute Gasteiger partial charge is 0.0625 e. The first-order chi connectivity index (χ1) is 6.90.